The van der Waals surface area contributed by atoms with Crippen LogP contribution in [-0.2, 0) is 6.54 Å². The van der Waals surface area contributed by atoms with E-state index in [0.717, 1.165) is 25.1 Å². The zero-order valence-electron chi connectivity index (χ0n) is 12.8. The second-order valence-corrected chi connectivity index (χ2v) is 6.36. The maximum absolute atomic E-state index is 12.8. The number of halogens is 1. The van der Waals surface area contributed by atoms with Gasteiger partial charge in [-0.05, 0) is 65.4 Å². The first-order valence-electron chi connectivity index (χ1n) is 6.97. The van der Waals surface area contributed by atoms with Crippen LogP contribution in [0.5, 0.6) is 0 Å². The van der Waals surface area contributed by atoms with Gasteiger partial charge in [-0.15, -0.1) is 0 Å². The van der Waals surface area contributed by atoms with Gasteiger partial charge in [0.25, 0.3) is 0 Å². The summed E-state index contributed by atoms with van der Waals surface area (Å²) in [6.45, 7) is 10.6. The molecule has 1 aromatic rings. The highest BCUT2D eigenvalue weighted by molar-refractivity contribution is 5.15. The molecule has 2 nitrogen and oxygen atoms in total. The Morgan fingerprint density at radius 2 is 1.79 bits per heavy atom. The lowest BCUT2D eigenvalue weighted by Crippen LogP contribution is -2.39. The average molecular weight is 266 g/mol. The van der Waals surface area contributed by atoms with Gasteiger partial charge in [0.1, 0.15) is 5.82 Å². The molecule has 108 valence electrons. The van der Waals surface area contributed by atoms with Crippen LogP contribution in [0.25, 0.3) is 0 Å². The number of benzene rings is 1. The molecule has 1 N–H and O–H groups in total. The van der Waals surface area contributed by atoms with Gasteiger partial charge in [0.15, 0.2) is 0 Å². The van der Waals surface area contributed by atoms with Gasteiger partial charge in [-0.3, -0.25) is 4.90 Å². The fourth-order valence-corrected chi connectivity index (χ4v) is 1.91. The van der Waals surface area contributed by atoms with Crippen molar-refractivity contribution < 1.29 is 4.39 Å². The van der Waals surface area contributed by atoms with Crippen LogP contribution in [0.2, 0.25) is 0 Å². The molecule has 1 unspecified atom stereocenters. The Balaban J connectivity index is 2.36. The Morgan fingerprint density at radius 3 is 2.32 bits per heavy atom. The Labute approximate surface area is 117 Å². The van der Waals surface area contributed by atoms with Crippen LogP contribution >= 0.6 is 0 Å². The summed E-state index contributed by atoms with van der Waals surface area (Å²) in [6.07, 6.45) is 1.11. The van der Waals surface area contributed by atoms with Gasteiger partial charge in [0.2, 0.25) is 0 Å². The molecule has 0 saturated carbocycles. The second-order valence-electron chi connectivity index (χ2n) is 6.36. The lowest BCUT2D eigenvalue weighted by molar-refractivity contribution is 0.231. The molecule has 0 spiro atoms. The van der Waals surface area contributed by atoms with E-state index in [1.54, 1.807) is 0 Å². The summed E-state index contributed by atoms with van der Waals surface area (Å²) in [5.41, 5.74) is 1.33. The van der Waals surface area contributed by atoms with E-state index in [1.165, 1.54) is 12.1 Å². The minimum Gasteiger partial charge on any atom is -0.312 e. The van der Waals surface area contributed by atoms with E-state index < -0.39 is 0 Å². The summed E-state index contributed by atoms with van der Waals surface area (Å²) in [6, 6.07) is 7.25. The number of hydrogen-bond donors (Lipinski definition) is 1. The predicted molar refractivity (Wildman–Crippen MR) is 79.7 cm³/mol. The van der Waals surface area contributed by atoms with Crippen molar-refractivity contribution in [3.05, 3.63) is 35.6 Å². The molecule has 0 aromatic heterocycles. The normalized spacial score (nSPS) is 13.8. The van der Waals surface area contributed by atoms with E-state index in [-0.39, 0.29) is 11.4 Å². The Morgan fingerprint density at radius 1 is 1.21 bits per heavy atom. The molecule has 19 heavy (non-hydrogen) atoms. The first kappa shape index (κ1) is 16.1. The first-order chi connectivity index (χ1) is 8.78. The molecule has 1 atom stereocenters. The van der Waals surface area contributed by atoms with Crippen LogP contribution < -0.4 is 5.32 Å². The molecule has 0 fully saturated rings. The summed E-state index contributed by atoms with van der Waals surface area (Å²) < 4.78 is 12.8. The van der Waals surface area contributed by atoms with Crippen molar-refractivity contribution in [1.82, 2.24) is 10.2 Å². The highest BCUT2D eigenvalue weighted by Crippen LogP contribution is 2.10. The van der Waals surface area contributed by atoms with E-state index in [4.69, 9.17) is 0 Å². The fraction of sp³-hybridized carbons (Fsp3) is 0.625. The fourth-order valence-electron chi connectivity index (χ4n) is 1.91. The van der Waals surface area contributed by atoms with Crippen LogP contribution in [0, 0.1) is 5.82 Å². The summed E-state index contributed by atoms with van der Waals surface area (Å²) >= 11 is 0. The third kappa shape index (κ3) is 6.69. The standard InChI is InChI=1S/C16H27FN2/c1-13(10-11-18-16(2,3)4)19(5)12-14-6-8-15(17)9-7-14/h6-9,13,18H,10-12H2,1-5H3. The quantitative estimate of drug-likeness (QED) is 0.848. The molecule has 0 radical (unpaired) electrons. The number of nitrogens with one attached hydrogen (secondary N) is 1. The van der Waals surface area contributed by atoms with E-state index >= 15 is 0 Å². The molecule has 1 aromatic carbocycles. The second kappa shape index (κ2) is 7.01. The number of rotatable bonds is 6. The summed E-state index contributed by atoms with van der Waals surface area (Å²) in [5, 5.41) is 3.50. The molecule has 1 rings (SSSR count). The largest absolute Gasteiger partial charge is 0.312 e. The van der Waals surface area contributed by atoms with Crippen LogP contribution in [0.15, 0.2) is 24.3 Å². The number of hydrogen-bond acceptors (Lipinski definition) is 2. The molecule has 0 aliphatic heterocycles. The third-order valence-electron chi connectivity index (χ3n) is 3.32. The van der Waals surface area contributed by atoms with Crippen molar-refractivity contribution in [3.63, 3.8) is 0 Å². The van der Waals surface area contributed by atoms with E-state index in [1.807, 2.05) is 12.1 Å². The molecular weight excluding hydrogens is 239 g/mol. The minimum atomic E-state index is -0.172. The molecule has 0 amide bonds. The van der Waals surface area contributed by atoms with Crippen molar-refractivity contribution in [2.75, 3.05) is 13.6 Å². The van der Waals surface area contributed by atoms with Crippen molar-refractivity contribution in [1.29, 1.82) is 0 Å². The zero-order chi connectivity index (χ0) is 14.5. The van der Waals surface area contributed by atoms with Crippen LogP contribution in [0.3, 0.4) is 0 Å². The van der Waals surface area contributed by atoms with Crippen LogP contribution in [-0.4, -0.2) is 30.1 Å². The van der Waals surface area contributed by atoms with Gasteiger partial charge in [0, 0.05) is 18.1 Å². The van der Waals surface area contributed by atoms with E-state index in [2.05, 4.69) is 45.0 Å². The van der Waals surface area contributed by atoms with E-state index in [9.17, 15) is 4.39 Å². The maximum Gasteiger partial charge on any atom is 0.123 e. The monoisotopic (exact) mass is 266 g/mol. The Hall–Kier alpha value is -0.930. The topological polar surface area (TPSA) is 15.3 Å². The van der Waals surface area contributed by atoms with Crippen LogP contribution in [0.1, 0.15) is 39.7 Å². The van der Waals surface area contributed by atoms with Crippen molar-refractivity contribution >= 4 is 0 Å². The minimum absolute atomic E-state index is 0.172. The highest BCUT2D eigenvalue weighted by atomic mass is 19.1. The van der Waals surface area contributed by atoms with Gasteiger partial charge in [-0.25, -0.2) is 4.39 Å². The molecular formula is C16H27FN2. The van der Waals surface area contributed by atoms with Crippen molar-refractivity contribution in [2.24, 2.45) is 0 Å². The predicted octanol–water partition coefficient (Wildman–Crippen LogP) is 3.42. The molecule has 0 aliphatic carbocycles. The van der Waals surface area contributed by atoms with Gasteiger partial charge in [-0.1, -0.05) is 12.1 Å². The van der Waals surface area contributed by atoms with Gasteiger partial charge < -0.3 is 5.32 Å². The molecule has 0 heterocycles. The number of nitrogens with zero attached hydrogens (tertiary/aromatic N) is 1. The zero-order valence-corrected chi connectivity index (χ0v) is 12.8. The molecule has 0 bridgehead atoms. The SMILES string of the molecule is CC(CCNC(C)(C)C)N(C)Cc1ccc(F)cc1. The van der Waals surface area contributed by atoms with Crippen molar-refractivity contribution in [2.45, 2.75) is 52.2 Å². The van der Waals surface area contributed by atoms with Crippen molar-refractivity contribution in [3.8, 4) is 0 Å². The third-order valence-corrected chi connectivity index (χ3v) is 3.32. The summed E-state index contributed by atoms with van der Waals surface area (Å²) in [7, 11) is 2.12. The molecule has 3 heteroatoms. The summed E-state index contributed by atoms with van der Waals surface area (Å²) in [4.78, 5) is 2.30. The molecule has 0 saturated heterocycles. The smallest absolute Gasteiger partial charge is 0.123 e. The Bertz CT molecular complexity index is 367. The highest BCUT2D eigenvalue weighted by Gasteiger charge is 2.12. The van der Waals surface area contributed by atoms with E-state index in [0.29, 0.717) is 6.04 Å². The maximum atomic E-state index is 12.8. The average Bonchev–Trinajstić information content (AvgIpc) is 2.30. The van der Waals surface area contributed by atoms with Gasteiger partial charge in [0.05, 0.1) is 0 Å². The van der Waals surface area contributed by atoms with Gasteiger partial charge >= 0.3 is 0 Å². The molecule has 0 aliphatic rings. The first-order valence-corrected chi connectivity index (χ1v) is 6.97. The van der Waals surface area contributed by atoms with Gasteiger partial charge in [-0.2, -0.15) is 0 Å². The lowest BCUT2D eigenvalue weighted by atomic mass is 10.1. The van der Waals surface area contributed by atoms with Crippen LogP contribution in [0.4, 0.5) is 4.39 Å². The summed E-state index contributed by atoms with van der Waals surface area (Å²) in [5.74, 6) is -0.172. The Kier molecular flexibility index (Phi) is 5.95. The lowest BCUT2D eigenvalue weighted by Gasteiger charge is -2.27.